The second-order valence-electron chi connectivity index (χ2n) is 4.61. The molecule has 116 valence electrons. The van der Waals surface area contributed by atoms with Crippen molar-refractivity contribution in [2.45, 2.75) is 10.9 Å². The van der Waals surface area contributed by atoms with Gasteiger partial charge in [-0.1, -0.05) is 23.9 Å². The third-order valence-corrected chi connectivity index (χ3v) is 4.01. The number of phenolic OH excluding ortho intramolecular Hbond substituents is 1. The predicted molar refractivity (Wildman–Crippen MR) is 83.5 cm³/mol. The standard InChI is InChI=1S/C14H11N5O3S/c20-13-6-4-11(5-7-13)18-14(15-16-17-18)23-9-10-2-1-3-12(8-10)19(21)22/h1-8,20H,9H2. The molecule has 0 saturated carbocycles. The summed E-state index contributed by atoms with van der Waals surface area (Å²) in [4.78, 5) is 10.4. The zero-order valence-electron chi connectivity index (χ0n) is 11.7. The lowest BCUT2D eigenvalue weighted by Crippen LogP contribution is -1.98. The molecule has 23 heavy (non-hydrogen) atoms. The van der Waals surface area contributed by atoms with Gasteiger partial charge in [0.25, 0.3) is 5.69 Å². The van der Waals surface area contributed by atoms with Crippen LogP contribution in [0.4, 0.5) is 5.69 Å². The molecule has 0 amide bonds. The first-order valence-corrected chi connectivity index (χ1v) is 7.56. The normalized spacial score (nSPS) is 10.6. The Morgan fingerprint density at radius 1 is 1.22 bits per heavy atom. The fourth-order valence-corrected chi connectivity index (χ4v) is 2.77. The highest BCUT2D eigenvalue weighted by Gasteiger charge is 2.11. The quantitative estimate of drug-likeness (QED) is 0.435. The summed E-state index contributed by atoms with van der Waals surface area (Å²) >= 11 is 1.37. The number of thioether (sulfide) groups is 1. The Hall–Kier alpha value is -2.94. The highest BCUT2D eigenvalue weighted by molar-refractivity contribution is 7.98. The summed E-state index contributed by atoms with van der Waals surface area (Å²) in [5.41, 5.74) is 1.58. The zero-order valence-corrected chi connectivity index (χ0v) is 12.6. The minimum atomic E-state index is -0.422. The molecule has 3 aromatic rings. The molecular formula is C14H11N5O3S. The van der Waals surface area contributed by atoms with Crippen LogP contribution in [0.2, 0.25) is 0 Å². The minimum Gasteiger partial charge on any atom is -0.508 e. The van der Waals surface area contributed by atoms with E-state index in [1.54, 1.807) is 35.0 Å². The van der Waals surface area contributed by atoms with Crippen LogP contribution in [-0.2, 0) is 5.75 Å². The number of rotatable bonds is 5. The Morgan fingerprint density at radius 2 is 2.00 bits per heavy atom. The molecule has 9 heteroatoms. The number of tetrazole rings is 1. The Balaban J connectivity index is 1.77. The zero-order chi connectivity index (χ0) is 16.2. The van der Waals surface area contributed by atoms with Gasteiger partial charge in [-0.3, -0.25) is 10.1 Å². The van der Waals surface area contributed by atoms with E-state index >= 15 is 0 Å². The first-order valence-electron chi connectivity index (χ1n) is 6.57. The molecule has 3 rings (SSSR count). The average molecular weight is 329 g/mol. The van der Waals surface area contributed by atoms with E-state index < -0.39 is 4.92 Å². The van der Waals surface area contributed by atoms with E-state index in [-0.39, 0.29) is 11.4 Å². The maximum atomic E-state index is 10.8. The predicted octanol–water partition coefficient (Wildman–Crippen LogP) is 2.57. The van der Waals surface area contributed by atoms with E-state index in [0.29, 0.717) is 16.6 Å². The molecule has 0 aliphatic rings. The number of phenols is 1. The maximum Gasteiger partial charge on any atom is 0.269 e. The maximum absolute atomic E-state index is 10.8. The largest absolute Gasteiger partial charge is 0.508 e. The molecular weight excluding hydrogens is 318 g/mol. The van der Waals surface area contributed by atoms with Crippen molar-refractivity contribution in [1.29, 1.82) is 0 Å². The van der Waals surface area contributed by atoms with Crippen LogP contribution in [-0.4, -0.2) is 30.2 Å². The summed E-state index contributed by atoms with van der Waals surface area (Å²) in [6.45, 7) is 0. The number of nitro groups is 1. The first-order chi connectivity index (χ1) is 11.1. The molecule has 0 aliphatic carbocycles. The Kier molecular flexibility index (Phi) is 4.20. The molecule has 0 bridgehead atoms. The van der Waals surface area contributed by atoms with Gasteiger partial charge in [0.2, 0.25) is 5.16 Å². The summed E-state index contributed by atoms with van der Waals surface area (Å²) in [6, 6.07) is 12.9. The van der Waals surface area contributed by atoms with E-state index in [4.69, 9.17) is 0 Å². The molecule has 1 N–H and O–H groups in total. The topological polar surface area (TPSA) is 107 Å². The highest BCUT2D eigenvalue weighted by atomic mass is 32.2. The number of hydrogen-bond donors (Lipinski definition) is 1. The van der Waals surface area contributed by atoms with Crippen molar-refractivity contribution in [3.05, 3.63) is 64.2 Å². The minimum absolute atomic E-state index is 0.0567. The monoisotopic (exact) mass is 329 g/mol. The van der Waals surface area contributed by atoms with Crippen LogP contribution in [0.1, 0.15) is 5.56 Å². The summed E-state index contributed by atoms with van der Waals surface area (Å²) in [5, 5.41) is 32.2. The fraction of sp³-hybridized carbons (Fsp3) is 0.0714. The lowest BCUT2D eigenvalue weighted by Gasteiger charge is -2.04. The number of hydrogen-bond acceptors (Lipinski definition) is 7. The molecule has 2 aromatic carbocycles. The van der Waals surface area contributed by atoms with Crippen LogP contribution in [0, 0.1) is 10.1 Å². The lowest BCUT2D eigenvalue weighted by atomic mass is 10.2. The number of non-ortho nitro benzene ring substituents is 1. The summed E-state index contributed by atoms with van der Waals surface area (Å²) in [7, 11) is 0. The van der Waals surface area contributed by atoms with Crippen molar-refractivity contribution in [3.8, 4) is 11.4 Å². The van der Waals surface area contributed by atoms with Gasteiger partial charge >= 0.3 is 0 Å². The van der Waals surface area contributed by atoms with Gasteiger partial charge in [-0.2, -0.15) is 4.68 Å². The van der Waals surface area contributed by atoms with Crippen molar-refractivity contribution in [1.82, 2.24) is 20.2 Å². The van der Waals surface area contributed by atoms with Crippen molar-refractivity contribution in [2.75, 3.05) is 0 Å². The van der Waals surface area contributed by atoms with E-state index in [9.17, 15) is 15.2 Å². The number of nitro benzene ring substituents is 1. The molecule has 0 radical (unpaired) electrons. The molecule has 1 aromatic heterocycles. The molecule has 0 atom stereocenters. The summed E-state index contributed by atoms with van der Waals surface area (Å²) in [6.07, 6.45) is 0. The lowest BCUT2D eigenvalue weighted by molar-refractivity contribution is -0.384. The van der Waals surface area contributed by atoms with Crippen LogP contribution in [0.3, 0.4) is 0 Å². The number of nitrogens with zero attached hydrogens (tertiary/aromatic N) is 5. The van der Waals surface area contributed by atoms with Gasteiger partial charge in [-0.15, -0.1) is 5.10 Å². The van der Waals surface area contributed by atoms with Gasteiger partial charge in [0.15, 0.2) is 0 Å². The number of benzene rings is 2. The Bertz CT molecular complexity index is 834. The van der Waals surface area contributed by atoms with E-state index in [0.717, 1.165) is 5.56 Å². The van der Waals surface area contributed by atoms with Crippen molar-refractivity contribution < 1.29 is 10.0 Å². The average Bonchev–Trinajstić information content (AvgIpc) is 3.02. The molecule has 0 unspecified atom stereocenters. The van der Waals surface area contributed by atoms with Gasteiger partial charge in [0.1, 0.15) is 5.75 Å². The third kappa shape index (κ3) is 3.46. The van der Waals surface area contributed by atoms with Gasteiger partial charge < -0.3 is 5.11 Å². The van der Waals surface area contributed by atoms with Crippen LogP contribution >= 0.6 is 11.8 Å². The van der Waals surface area contributed by atoms with Crippen molar-refractivity contribution in [3.63, 3.8) is 0 Å². The molecule has 8 nitrogen and oxygen atoms in total. The SMILES string of the molecule is O=[N+]([O-])c1cccc(CSc2nnnn2-c2ccc(O)cc2)c1. The molecule has 0 aliphatic heterocycles. The Morgan fingerprint density at radius 3 is 2.74 bits per heavy atom. The van der Waals surface area contributed by atoms with Crippen LogP contribution in [0.15, 0.2) is 53.7 Å². The summed E-state index contributed by atoms with van der Waals surface area (Å²) < 4.78 is 1.54. The third-order valence-electron chi connectivity index (χ3n) is 3.02. The van der Waals surface area contributed by atoms with Gasteiger partial charge in [-0.05, 0) is 40.3 Å². The fourth-order valence-electron chi connectivity index (χ4n) is 1.93. The molecule has 0 saturated heterocycles. The summed E-state index contributed by atoms with van der Waals surface area (Å²) in [5.74, 6) is 0.660. The molecule has 0 spiro atoms. The van der Waals surface area contributed by atoms with Crippen LogP contribution in [0.25, 0.3) is 5.69 Å². The van der Waals surface area contributed by atoms with Crippen molar-refractivity contribution in [2.24, 2.45) is 0 Å². The van der Waals surface area contributed by atoms with Gasteiger partial charge in [-0.25, -0.2) is 0 Å². The smallest absolute Gasteiger partial charge is 0.269 e. The molecule has 0 fully saturated rings. The van der Waals surface area contributed by atoms with Gasteiger partial charge in [0, 0.05) is 17.9 Å². The van der Waals surface area contributed by atoms with E-state index in [1.807, 2.05) is 6.07 Å². The number of aromatic nitrogens is 4. The van der Waals surface area contributed by atoms with Gasteiger partial charge in [0.05, 0.1) is 10.6 Å². The second-order valence-corrected chi connectivity index (χ2v) is 5.55. The van der Waals surface area contributed by atoms with Crippen LogP contribution in [0.5, 0.6) is 5.75 Å². The van der Waals surface area contributed by atoms with Crippen molar-refractivity contribution >= 4 is 17.4 Å². The second kappa shape index (κ2) is 6.44. The van der Waals surface area contributed by atoms with E-state index in [1.165, 1.54) is 23.9 Å². The van der Waals surface area contributed by atoms with E-state index in [2.05, 4.69) is 15.5 Å². The Labute approximate surface area is 134 Å². The van der Waals surface area contributed by atoms with Crippen LogP contribution < -0.4 is 0 Å². The number of aromatic hydroxyl groups is 1. The highest BCUT2D eigenvalue weighted by Crippen LogP contribution is 2.24. The molecule has 1 heterocycles. The first kappa shape index (κ1) is 15.0.